The molecule has 87 heavy (non-hydrogen) atoms. The van der Waals surface area contributed by atoms with E-state index in [1.165, 1.54) is 59.7 Å². The van der Waals surface area contributed by atoms with E-state index in [2.05, 4.69) is 337 Å². The van der Waals surface area contributed by atoms with Gasteiger partial charge in [0, 0.05) is 61.3 Å². The van der Waals surface area contributed by atoms with Crippen molar-refractivity contribution in [3.8, 4) is 28.4 Å². The van der Waals surface area contributed by atoms with Gasteiger partial charge in [-0.05, 0) is 129 Å². The van der Waals surface area contributed by atoms with E-state index in [0.717, 1.165) is 50.4 Å². The van der Waals surface area contributed by atoms with Crippen molar-refractivity contribution in [1.29, 1.82) is 0 Å². The second-order valence-corrected chi connectivity index (χ2v) is 32.5. The Balaban J connectivity index is 0.00000784. The Hall–Kier alpha value is -7.76. The Labute approximate surface area is 533 Å². The first-order valence-electron chi connectivity index (χ1n) is 30.5. The molecule has 1 aliphatic rings. The monoisotopic (exact) mass is 1340 g/mol. The van der Waals surface area contributed by atoms with Crippen molar-refractivity contribution in [2.24, 2.45) is 0 Å². The normalized spacial score (nSPS) is 13.3. The molecule has 0 unspecified atom stereocenters. The molecule has 444 valence electrons. The fourth-order valence-electron chi connectivity index (χ4n) is 12.4. The maximum absolute atomic E-state index is 7.00. The van der Waals surface area contributed by atoms with Gasteiger partial charge in [-0.1, -0.05) is 249 Å². The first kappa shape index (κ1) is 60.9. The Morgan fingerprint density at radius 1 is 0.425 bits per heavy atom. The van der Waals surface area contributed by atoms with Crippen molar-refractivity contribution in [2.45, 2.75) is 131 Å². The minimum Gasteiger partial charge on any atom is -0.509 e. The molecule has 0 amide bonds. The van der Waals surface area contributed by atoms with Gasteiger partial charge in [0.1, 0.15) is 5.82 Å². The summed E-state index contributed by atoms with van der Waals surface area (Å²) in [5.74, 6) is 2.01. The van der Waals surface area contributed by atoms with Crippen LogP contribution in [0.4, 0.5) is 22.7 Å². The van der Waals surface area contributed by atoms with Crippen LogP contribution >= 0.6 is 0 Å². The van der Waals surface area contributed by atoms with E-state index in [-0.39, 0.29) is 48.1 Å². The Kier molecular flexibility index (Phi) is 15.9. The summed E-state index contributed by atoms with van der Waals surface area (Å²) in [6.45, 7) is 36.8. The van der Waals surface area contributed by atoms with Crippen LogP contribution in [-0.2, 0) is 48.1 Å². The molecule has 0 bridgehead atoms. The first-order chi connectivity index (χ1) is 40.8. The summed E-state index contributed by atoms with van der Waals surface area (Å²) >= 11 is 0. The zero-order chi connectivity index (χ0) is 60.7. The SMILES string of the molecule is CC(C)(C)c1cc(-c2ccc3c(c2)c2ccc(Oc4[c-]c(N5[CH-]N(c6cc(C(C)(C)C)cc(C(C)(C)C)c6)c6c5cccc6[Si](c5ccccc5)(c5ccccc5)c5ccccc5)ccc4)[c-]c2n3-c2cc(C(C)(C)C)ccn2)cc(C(C)(C)C)c1.[Pt]. The molecule has 0 radical (unpaired) electrons. The average Bonchev–Trinajstić information content (AvgIpc) is 1.72. The van der Waals surface area contributed by atoms with Crippen LogP contribution in [0.5, 0.6) is 11.5 Å². The van der Waals surface area contributed by atoms with Crippen molar-refractivity contribution in [3.63, 3.8) is 0 Å². The predicted molar refractivity (Wildman–Crippen MR) is 367 cm³/mol. The number of hydrogen-bond acceptors (Lipinski definition) is 4. The number of anilines is 4. The number of ether oxygens (including phenoxy) is 1. The molecule has 7 heteroatoms. The van der Waals surface area contributed by atoms with Crippen LogP contribution in [0.3, 0.4) is 0 Å². The molecule has 0 atom stereocenters. The van der Waals surface area contributed by atoms with E-state index in [1.54, 1.807) is 0 Å². The molecule has 9 aromatic carbocycles. The molecular formula is C80H81N4OPtSi-3. The molecule has 0 saturated carbocycles. The number of nitrogens with zero attached hydrogens (tertiary/aromatic N) is 4. The Morgan fingerprint density at radius 3 is 1.48 bits per heavy atom. The van der Waals surface area contributed by atoms with Crippen molar-refractivity contribution in [2.75, 3.05) is 9.80 Å². The minimum atomic E-state index is -3.07. The van der Waals surface area contributed by atoms with Gasteiger partial charge >= 0.3 is 0 Å². The molecule has 0 fully saturated rings. The van der Waals surface area contributed by atoms with Gasteiger partial charge in [-0.15, -0.1) is 48.1 Å². The van der Waals surface area contributed by atoms with Gasteiger partial charge in [0.2, 0.25) is 0 Å². The number of fused-ring (bicyclic) bond motifs is 4. The van der Waals surface area contributed by atoms with Crippen LogP contribution in [-0.4, -0.2) is 17.6 Å². The Bertz CT molecular complexity index is 4160. The summed E-state index contributed by atoms with van der Waals surface area (Å²) in [6.07, 6.45) is 1.93. The van der Waals surface area contributed by atoms with Crippen molar-refractivity contribution < 1.29 is 25.8 Å². The molecule has 0 aliphatic carbocycles. The van der Waals surface area contributed by atoms with Gasteiger partial charge in [0.25, 0.3) is 0 Å². The number of aromatic nitrogens is 2. The number of pyridine rings is 1. The fraction of sp³-hybridized carbons (Fsp3) is 0.250. The molecular weight excluding hydrogens is 1260 g/mol. The summed E-state index contributed by atoms with van der Waals surface area (Å²) < 4.78 is 9.26. The summed E-state index contributed by atoms with van der Waals surface area (Å²) in [5, 5.41) is 7.44. The molecule has 12 rings (SSSR count). The van der Waals surface area contributed by atoms with E-state index in [0.29, 0.717) is 11.5 Å². The summed E-state index contributed by atoms with van der Waals surface area (Å²) in [4.78, 5) is 9.84. The van der Waals surface area contributed by atoms with Crippen molar-refractivity contribution >= 4 is 73.4 Å². The third-order valence-corrected chi connectivity index (χ3v) is 22.2. The third kappa shape index (κ3) is 11.6. The molecule has 5 nitrogen and oxygen atoms in total. The smallest absolute Gasteiger partial charge is 0.181 e. The maximum atomic E-state index is 7.00. The van der Waals surface area contributed by atoms with Crippen molar-refractivity contribution in [1.82, 2.24) is 9.55 Å². The van der Waals surface area contributed by atoms with Gasteiger partial charge in [0.05, 0.1) is 0 Å². The molecule has 11 aromatic rings. The Morgan fingerprint density at radius 2 is 0.943 bits per heavy atom. The second-order valence-electron chi connectivity index (χ2n) is 28.8. The zero-order valence-electron chi connectivity index (χ0n) is 53.3. The number of hydrogen-bond donors (Lipinski definition) is 0. The minimum absolute atomic E-state index is 0. The average molecular weight is 1340 g/mol. The second kappa shape index (κ2) is 22.7. The topological polar surface area (TPSA) is 33.5 Å². The number of rotatable bonds is 10. The van der Waals surface area contributed by atoms with Crippen LogP contribution in [0.25, 0.3) is 38.8 Å². The summed E-state index contributed by atoms with van der Waals surface area (Å²) in [7, 11) is -3.07. The van der Waals surface area contributed by atoms with Gasteiger partial charge in [-0.2, -0.15) is 12.1 Å². The van der Waals surface area contributed by atoms with Crippen LogP contribution in [0, 0.1) is 18.8 Å². The van der Waals surface area contributed by atoms with Gasteiger partial charge in [-0.25, -0.2) is 4.98 Å². The van der Waals surface area contributed by atoms with E-state index in [9.17, 15) is 0 Å². The van der Waals surface area contributed by atoms with Crippen LogP contribution in [0.2, 0.25) is 0 Å². The zero-order valence-corrected chi connectivity index (χ0v) is 56.6. The van der Waals surface area contributed by atoms with Crippen LogP contribution < -0.4 is 35.3 Å². The van der Waals surface area contributed by atoms with Gasteiger partial charge in [-0.3, -0.25) is 0 Å². The van der Waals surface area contributed by atoms with Gasteiger partial charge < -0.3 is 19.1 Å². The number of benzene rings is 9. The van der Waals surface area contributed by atoms with Crippen molar-refractivity contribution in [3.05, 3.63) is 259 Å². The maximum Gasteiger partial charge on any atom is 0.181 e. The van der Waals surface area contributed by atoms with Crippen LogP contribution in [0.15, 0.2) is 212 Å². The largest absolute Gasteiger partial charge is 0.509 e. The molecule has 3 heterocycles. The van der Waals surface area contributed by atoms with E-state index in [4.69, 9.17) is 9.72 Å². The van der Waals surface area contributed by atoms with E-state index in [1.807, 2.05) is 12.3 Å². The summed E-state index contributed by atoms with van der Waals surface area (Å²) in [6, 6.07) is 84.3. The molecule has 0 N–H and O–H groups in total. The molecule has 0 saturated heterocycles. The quantitative estimate of drug-likeness (QED) is 0.0776. The van der Waals surface area contributed by atoms with Crippen LogP contribution in [0.1, 0.15) is 132 Å². The third-order valence-electron chi connectivity index (χ3n) is 17.4. The van der Waals surface area contributed by atoms with E-state index < -0.39 is 8.07 Å². The number of para-hydroxylation sites is 1. The first-order valence-corrected chi connectivity index (χ1v) is 32.5. The fourth-order valence-corrected chi connectivity index (χ4v) is 17.3. The standard InChI is InChI=1S/C80H81N4OSi.Pt/c1-76(2,3)56-41-42-81-74(50-56)84-70-40-37-54(55-43-57(77(4,5)6)46-58(44-55)78(7,8)9)45-69(70)68-39-38-64(52-72(68)84)85-63-28-25-27-61(51-63)82-53-83(62-48-59(79(10,11)12)47-60(49-62)80(13,14)15)75-71(82)35-26-36-73(75)86(65-29-19-16-20-30-65,66-31-21-17-22-32-66)67-33-23-18-24-34-67;/h16-50,53H,1-15H3;/q-3;. The summed E-state index contributed by atoms with van der Waals surface area (Å²) in [5.41, 5.74) is 14.6. The molecule has 0 spiro atoms. The van der Waals surface area contributed by atoms with E-state index >= 15 is 0 Å². The molecule has 2 aromatic heterocycles. The molecule has 1 aliphatic heterocycles. The predicted octanol–water partition coefficient (Wildman–Crippen LogP) is 18.5. The van der Waals surface area contributed by atoms with Gasteiger partial charge in [0.15, 0.2) is 8.07 Å².